The van der Waals surface area contributed by atoms with E-state index >= 15 is 0 Å². The molecule has 0 aliphatic heterocycles. The zero-order chi connectivity index (χ0) is 21.4. The first-order valence-corrected chi connectivity index (χ1v) is 9.35. The molecule has 2 rings (SSSR count). The van der Waals surface area contributed by atoms with Crippen LogP contribution in [0.25, 0.3) is 0 Å². The summed E-state index contributed by atoms with van der Waals surface area (Å²) in [7, 11) is 3.64. The maximum atomic E-state index is 12.1. The highest BCUT2D eigenvalue weighted by atomic mass is 127. The summed E-state index contributed by atoms with van der Waals surface area (Å²) in [6, 6.07) is 7.24. The maximum Gasteiger partial charge on any atom is 0.411 e. The molecular formula is C20H29F3IN5O. The van der Waals surface area contributed by atoms with E-state index in [1.807, 2.05) is 30.8 Å². The van der Waals surface area contributed by atoms with Gasteiger partial charge in [0.1, 0.15) is 6.61 Å². The number of nitrogens with zero attached hydrogens (tertiary/aromatic N) is 3. The summed E-state index contributed by atoms with van der Waals surface area (Å²) in [6.07, 6.45) is -3.46. The van der Waals surface area contributed by atoms with Crippen LogP contribution >= 0.6 is 24.0 Å². The van der Waals surface area contributed by atoms with E-state index < -0.39 is 12.8 Å². The van der Waals surface area contributed by atoms with Gasteiger partial charge in [0.15, 0.2) is 5.96 Å². The highest BCUT2D eigenvalue weighted by Crippen LogP contribution is 2.16. The highest BCUT2D eigenvalue weighted by Gasteiger charge is 2.27. The second kappa shape index (κ2) is 12.1. The first-order chi connectivity index (χ1) is 13.7. The maximum absolute atomic E-state index is 12.1. The van der Waals surface area contributed by atoms with Gasteiger partial charge in [0, 0.05) is 32.9 Å². The van der Waals surface area contributed by atoms with Crippen LogP contribution in [0.2, 0.25) is 0 Å². The molecule has 0 atom stereocenters. The Bertz CT molecular complexity index is 819. The molecule has 1 aromatic heterocycles. The van der Waals surface area contributed by atoms with Gasteiger partial charge in [-0.2, -0.15) is 18.3 Å². The van der Waals surface area contributed by atoms with Gasteiger partial charge >= 0.3 is 6.18 Å². The van der Waals surface area contributed by atoms with E-state index in [-0.39, 0.29) is 30.6 Å². The number of hydrogen-bond acceptors (Lipinski definition) is 3. The number of alkyl halides is 3. The van der Waals surface area contributed by atoms with Gasteiger partial charge in [-0.05, 0) is 37.0 Å². The molecule has 0 radical (unpaired) electrons. The van der Waals surface area contributed by atoms with Crippen LogP contribution in [0, 0.1) is 13.8 Å². The SMILES string of the molecule is CN=C(NCCc1c(C)nn(C)c1C)NCc1ccc(COCC(F)(F)F)cc1.I. The number of nitrogens with one attached hydrogen (secondary N) is 2. The van der Waals surface area contributed by atoms with Gasteiger partial charge in [0.25, 0.3) is 0 Å². The van der Waals surface area contributed by atoms with E-state index in [1.165, 1.54) is 5.56 Å². The molecule has 168 valence electrons. The van der Waals surface area contributed by atoms with Crippen LogP contribution < -0.4 is 10.6 Å². The Morgan fingerprint density at radius 3 is 2.30 bits per heavy atom. The standard InChI is InChI=1S/C20H28F3N5O.HI/c1-14-18(15(2)28(4)27-14)9-10-25-19(24-3)26-11-16-5-7-17(8-6-16)12-29-13-20(21,22)23;/h5-8H,9-13H2,1-4H3,(H2,24,25,26);1H. The van der Waals surface area contributed by atoms with Crippen LogP contribution in [-0.2, 0) is 31.4 Å². The second-order valence-corrected chi connectivity index (χ2v) is 6.80. The van der Waals surface area contributed by atoms with Gasteiger partial charge < -0.3 is 15.4 Å². The molecule has 0 aliphatic rings. The van der Waals surface area contributed by atoms with Crippen molar-refractivity contribution in [2.45, 2.75) is 39.6 Å². The molecule has 0 aliphatic carbocycles. The van der Waals surface area contributed by atoms with Crippen LogP contribution in [0.3, 0.4) is 0 Å². The van der Waals surface area contributed by atoms with E-state index in [0.717, 1.165) is 29.9 Å². The van der Waals surface area contributed by atoms with Gasteiger partial charge in [-0.15, -0.1) is 24.0 Å². The molecule has 2 aromatic rings. The zero-order valence-electron chi connectivity index (χ0n) is 17.6. The Labute approximate surface area is 192 Å². The summed E-state index contributed by atoms with van der Waals surface area (Å²) in [5.41, 5.74) is 5.12. The Kier molecular flexibility index (Phi) is 10.6. The number of ether oxygens (including phenoxy) is 1. The Hall–Kier alpha value is -1.82. The second-order valence-electron chi connectivity index (χ2n) is 6.80. The van der Waals surface area contributed by atoms with Crippen LogP contribution in [-0.4, -0.2) is 42.1 Å². The predicted molar refractivity (Wildman–Crippen MR) is 122 cm³/mol. The van der Waals surface area contributed by atoms with Gasteiger partial charge in [0.05, 0.1) is 12.3 Å². The predicted octanol–water partition coefficient (Wildman–Crippen LogP) is 3.64. The normalized spacial score (nSPS) is 11.9. The minimum atomic E-state index is -4.30. The smallest absolute Gasteiger partial charge is 0.367 e. The minimum Gasteiger partial charge on any atom is -0.367 e. The van der Waals surface area contributed by atoms with Crippen molar-refractivity contribution in [2.24, 2.45) is 12.0 Å². The van der Waals surface area contributed by atoms with Crippen molar-refractivity contribution in [3.8, 4) is 0 Å². The lowest BCUT2D eigenvalue weighted by Gasteiger charge is -2.13. The van der Waals surface area contributed by atoms with Crippen molar-refractivity contribution in [2.75, 3.05) is 20.2 Å². The molecule has 6 nitrogen and oxygen atoms in total. The molecule has 2 N–H and O–H groups in total. The van der Waals surface area contributed by atoms with Crippen molar-refractivity contribution >= 4 is 29.9 Å². The van der Waals surface area contributed by atoms with Crippen LogP contribution in [0.4, 0.5) is 13.2 Å². The summed E-state index contributed by atoms with van der Waals surface area (Å²) < 4.78 is 42.9. The Morgan fingerprint density at radius 1 is 1.13 bits per heavy atom. The molecule has 0 bridgehead atoms. The lowest BCUT2D eigenvalue weighted by molar-refractivity contribution is -0.176. The molecule has 0 saturated carbocycles. The van der Waals surface area contributed by atoms with Gasteiger partial charge in [-0.3, -0.25) is 9.67 Å². The summed E-state index contributed by atoms with van der Waals surface area (Å²) in [5.74, 6) is 0.682. The van der Waals surface area contributed by atoms with E-state index in [0.29, 0.717) is 18.1 Å². The molecule has 1 heterocycles. The van der Waals surface area contributed by atoms with Crippen LogP contribution in [0.5, 0.6) is 0 Å². The number of halogens is 4. The number of guanidine groups is 1. The number of hydrogen-bond donors (Lipinski definition) is 2. The van der Waals surface area contributed by atoms with Gasteiger partial charge in [0.2, 0.25) is 0 Å². The Balaban J connectivity index is 0.00000450. The zero-order valence-corrected chi connectivity index (χ0v) is 20.0. The topological polar surface area (TPSA) is 63.5 Å². The first kappa shape index (κ1) is 26.2. The number of rotatable bonds is 8. The van der Waals surface area contributed by atoms with Crippen molar-refractivity contribution in [1.82, 2.24) is 20.4 Å². The fraction of sp³-hybridized carbons (Fsp3) is 0.500. The fourth-order valence-electron chi connectivity index (χ4n) is 2.93. The average molecular weight is 539 g/mol. The lowest BCUT2D eigenvalue weighted by atomic mass is 10.1. The summed E-state index contributed by atoms with van der Waals surface area (Å²) >= 11 is 0. The molecule has 10 heteroatoms. The average Bonchev–Trinajstić information content (AvgIpc) is 2.90. The quantitative estimate of drug-likeness (QED) is 0.306. The van der Waals surface area contributed by atoms with E-state index in [2.05, 4.69) is 32.4 Å². The first-order valence-electron chi connectivity index (χ1n) is 9.35. The van der Waals surface area contributed by atoms with Gasteiger partial charge in [-0.1, -0.05) is 24.3 Å². The molecule has 1 aromatic carbocycles. The van der Waals surface area contributed by atoms with Crippen molar-refractivity contribution in [1.29, 1.82) is 0 Å². The Morgan fingerprint density at radius 2 is 1.77 bits per heavy atom. The van der Waals surface area contributed by atoms with Crippen LogP contribution in [0.1, 0.15) is 28.1 Å². The number of aliphatic imine (C=N–C) groups is 1. The largest absolute Gasteiger partial charge is 0.411 e. The van der Waals surface area contributed by atoms with Gasteiger partial charge in [-0.25, -0.2) is 0 Å². The molecule has 0 spiro atoms. The molecular weight excluding hydrogens is 510 g/mol. The number of aromatic nitrogens is 2. The number of aryl methyl sites for hydroxylation is 2. The molecule has 0 unspecified atom stereocenters. The van der Waals surface area contributed by atoms with E-state index in [1.54, 1.807) is 19.2 Å². The fourth-order valence-corrected chi connectivity index (χ4v) is 2.93. The van der Waals surface area contributed by atoms with Crippen molar-refractivity contribution < 1.29 is 17.9 Å². The molecule has 0 saturated heterocycles. The minimum absolute atomic E-state index is 0. The third-order valence-electron chi connectivity index (χ3n) is 4.57. The monoisotopic (exact) mass is 539 g/mol. The van der Waals surface area contributed by atoms with Crippen LogP contribution in [0.15, 0.2) is 29.3 Å². The third-order valence-corrected chi connectivity index (χ3v) is 4.57. The third kappa shape index (κ3) is 8.50. The molecule has 0 amide bonds. The molecule has 30 heavy (non-hydrogen) atoms. The van der Waals surface area contributed by atoms with Crippen molar-refractivity contribution in [3.05, 3.63) is 52.3 Å². The number of benzene rings is 1. The molecule has 0 fully saturated rings. The summed E-state index contributed by atoms with van der Waals surface area (Å²) in [6.45, 7) is 4.03. The summed E-state index contributed by atoms with van der Waals surface area (Å²) in [5, 5.41) is 10.9. The summed E-state index contributed by atoms with van der Waals surface area (Å²) in [4.78, 5) is 4.21. The highest BCUT2D eigenvalue weighted by molar-refractivity contribution is 14.0. The van der Waals surface area contributed by atoms with Crippen molar-refractivity contribution in [3.63, 3.8) is 0 Å². The lowest BCUT2D eigenvalue weighted by Crippen LogP contribution is -2.37. The van der Waals surface area contributed by atoms with E-state index in [9.17, 15) is 13.2 Å². The van der Waals surface area contributed by atoms with E-state index in [4.69, 9.17) is 0 Å².